The number of hydrogen-bond acceptors (Lipinski definition) is 7. The minimum Gasteiger partial charge on any atom is -0.497 e. The van der Waals surface area contributed by atoms with E-state index in [0.717, 1.165) is 73.0 Å². The first-order valence-corrected chi connectivity index (χ1v) is 14.6. The van der Waals surface area contributed by atoms with E-state index in [4.69, 9.17) is 14.5 Å². The van der Waals surface area contributed by atoms with Crippen LogP contribution in [0.25, 0.3) is 22.5 Å². The fourth-order valence-electron chi connectivity index (χ4n) is 5.35. The number of piperazine rings is 1. The van der Waals surface area contributed by atoms with Crippen LogP contribution in [0.2, 0.25) is 0 Å². The molecule has 5 rings (SSSR count). The Kier molecular flexibility index (Phi) is 8.68. The monoisotopic (exact) mass is 557 g/mol. The van der Waals surface area contributed by atoms with Gasteiger partial charge >= 0.3 is 6.09 Å². The number of hydrogen-bond donors (Lipinski definition) is 1. The predicted molar refractivity (Wildman–Crippen MR) is 166 cm³/mol. The fraction of sp³-hybridized carbons (Fsp3) is 0.455. The number of nitrogens with one attached hydrogen (secondary N) is 1. The van der Waals surface area contributed by atoms with Crippen LogP contribution in [0, 0.1) is 0 Å². The van der Waals surface area contributed by atoms with Gasteiger partial charge in [-0.05, 0) is 89.2 Å². The number of carbonyl (C=O) groups excluding carboxylic acids is 1. The van der Waals surface area contributed by atoms with Crippen molar-refractivity contribution < 1.29 is 14.3 Å². The first-order chi connectivity index (χ1) is 19.7. The van der Waals surface area contributed by atoms with Gasteiger partial charge in [-0.3, -0.25) is 0 Å². The van der Waals surface area contributed by atoms with E-state index in [1.807, 2.05) is 49.9 Å². The summed E-state index contributed by atoms with van der Waals surface area (Å²) in [6, 6.07) is 21.3. The molecule has 0 radical (unpaired) electrons. The molecule has 0 aliphatic carbocycles. The van der Waals surface area contributed by atoms with Crippen LogP contribution in [-0.2, 0) is 4.74 Å². The molecule has 1 N–H and O–H groups in total. The summed E-state index contributed by atoms with van der Waals surface area (Å²) >= 11 is 0. The second kappa shape index (κ2) is 12.4. The minimum absolute atomic E-state index is 0.232. The topological polar surface area (TPSA) is 70.2 Å². The average Bonchev–Trinajstić information content (AvgIpc) is 2.97. The molecule has 0 saturated carbocycles. The number of carbonyl (C=O) groups is 1. The maximum absolute atomic E-state index is 12.5. The Balaban J connectivity index is 1.35. The van der Waals surface area contributed by atoms with Crippen molar-refractivity contribution in [2.45, 2.75) is 45.3 Å². The number of benzene rings is 2. The highest BCUT2D eigenvalue weighted by Gasteiger charge is 2.27. The zero-order valence-corrected chi connectivity index (χ0v) is 25.0. The third kappa shape index (κ3) is 7.50. The van der Waals surface area contributed by atoms with E-state index < -0.39 is 5.60 Å². The SMILES string of the molecule is COc1ccc(-c2cc(NC3CCN(C(=O)OC(C)(C)C)CC3)cc(-c3ccc(N4CCN(C)CC4)cc3)n2)cc1. The summed E-state index contributed by atoms with van der Waals surface area (Å²) in [5.41, 5.74) is 5.74. The molecule has 0 atom stereocenters. The molecule has 2 aromatic carbocycles. The molecule has 2 aliphatic rings. The highest BCUT2D eigenvalue weighted by atomic mass is 16.6. The lowest BCUT2D eigenvalue weighted by molar-refractivity contribution is 0.0210. The Bertz CT molecular complexity index is 1300. The van der Waals surface area contributed by atoms with Gasteiger partial charge in [-0.2, -0.15) is 0 Å². The molecule has 8 heteroatoms. The zero-order valence-electron chi connectivity index (χ0n) is 25.0. The lowest BCUT2D eigenvalue weighted by Gasteiger charge is -2.34. The van der Waals surface area contributed by atoms with Crippen molar-refractivity contribution in [3.05, 3.63) is 60.7 Å². The molecule has 0 spiro atoms. The van der Waals surface area contributed by atoms with Crippen molar-refractivity contribution in [2.24, 2.45) is 0 Å². The molecular formula is C33H43N5O3. The third-order valence-electron chi connectivity index (χ3n) is 7.76. The highest BCUT2D eigenvalue weighted by molar-refractivity contribution is 5.73. The van der Waals surface area contributed by atoms with Gasteiger partial charge in [0.2, 0.25) is 0 Å². The van der Waals surface area contributed by atoms with Crippen molar-refractivity contribution >= 4 is 17.5 Å². The number of amides is 1. The molecule has 3 aromatic rings. The summed E-state index contributed by atoms with van der Waals surface area (Å²) in [6.45, 7) is 11.3. The van der Waals surface area contributed by atoms with Crippen LogP contribution < -0.4 is 15.0 Å². The van der Waals surface area contributed by atoms with Gasteiger partial charge < -0.3 is 29.5 Å². The Morgan fingerprint density at radius 3 is 1.95 bits per heavy atom. The first-order valence-electron chi connectivity index (χ1n) is 14.6. The number of ether oxygens (including phenoxy) is 2. The number of piperidine rings is 1. The second-order valence-electron chi connectivity index (χ2n) is 12.1. The zero-order chi connectivity index (χ0) is 29.0. The molecule has 2 aliphatic heterocycles. The van der Waals surface area contributed by atoms with Gasteiger partial charge in [-0.25, -0.2) is 9.78 Å². The largest absolute Gasteiger partial charge is 0.497 e. The Labute approximate surface area is 244 Å². The summed E-state index contributed by atoms with van der Waals surface area (Å²) in [6.07, 6.45) is 1.48. The van der Waals surface area contributed by atoms with Crippen LogP contribution in [-0.4, -0.2) is 85.9 Å². The Morgan fingerprint density at radius 1 is 0.854 bits per heavy atom. The lowest BCUT2D eigenvalue weighted by atomic mass is 10.0. The normalized spacial score (nSPS) is 16.9. The minimum atomic E-state index is -0.486. The number of anilines is 2. The van der Waals surface area contributed by atoms with Crippen LogP contribution in [0.5, 0.6) is 5.75 Å². The summed E-state index contributed by atoms with van der Waals surface area (Å²) in [4.78, 5) is 24.2. The number of likely N-dealkylation sites (N-methyl/N-ethyl adjacent to an activating group) is 1. The Morgan fingerprint density at radius 2 is 1.41 bits per heavy atom. The van der Waals surface area contributed by atoms with Gasteiger partial charge in [0.15, 0.2) is 0 Å². The second-order valence-corrected chi connectivity index (χ2v) is 12.1. The van der Waals surface area contributed by atoms with Crippen molar-refractivity contribution in [2.75, 3.05) is 63.6 Å². The van der Waals surface area contributed by atoms with E-state index in [1.54, 1.807) is 7.11 Å². The molecule has 2 fully saturated rings. The molecular weight excluding hydrogens is 514 g/mol. The smallest absolute Gasteiger partial charge is 0.410 e. The van der Waals surface area contributed by atoms with E-state index in [9.17, 15) is 4.79 Å². The molecule has 1 aromatic heterocycles. The summed E-state index contributed by atoms with van der Waals surface area (Å²) < 4.78 is 10.9. The van der Waals surface area contributed by atoms with E-state index >= 15 is 0 Å². The maximum Gasteiger partial charge on any atom is 0.410 e. The lowest BCUT2D eigenvalue weighted by Crippen LogP contribution is -2.44. The Hall–Kier alpha value is -3.78. The molecule has 3 heterocycles. The van der Waals surface area contributed by atoms with Crippen LogP contribution in [0.15, 0.2) is 60.7 Å². The van der Waals surface area contributed by atoms with Gasteiger partial charge in [0, 0.05) is 67.8 Å². The predicted octanol–water partition coefficient (Wildman–Crippen LogP) is 5.99. The summed E-state index contributed by atoms with van der Waals surface area (Å²) in [5, 5.41) is 3.74. The highest BCUT2D eigenvalue weighted by Crippen LogP contribution is 2.31. The number of methoxy groups -OCH3 is 1. The van der Waals surface area contributed by atoms with Crippen LogP contribution in [0.1, 0.15) is 33.6 Å². The van der Waals surface area contributed by atoms with Gasteiger partial charge in [-0.1, -0.05) is 12.1 Å². The standard InChI is InChI=1S/C33H43N5O3/c1-33(2,3)41-32(39)38-16-14-26(15-17-38)34-27-22-30(35-31(23-27)25-8-12-29(40-5)13-9-25)24-6-10-28(11-7-24)37-20-18-36(4)19-21-37/h6-13,22-23,26H,14-21H2,1-5H3,(H,34,35). The van der Waals surface area contributed by atoms with Gasteiger partial charge in [-0.15, -0.1) is 0 Å². The van der Waals surface area contributed by atoms with Crippen molar-refractivity contribution in [1.29, 1.82) is 0 Å². The van der Waals surface area contributed by atoms with Gasteiger partial charge in [0.1, 0.15) is 11.4 Å². The third-order valence-corrected chi connectivity index (χ3v) is 7.76. The molecule has 1 amide bonds. The van der Waals surface area contributed by atoms with Gasteiger partial charge in [0.05, 0.1) is 18.5 Å². The molecule has 0 bridgehead atoms. The number of likely N-dealkylation sites (tertiary alicyclic amines) is 1. The van der Waals surface area contributed by atoms with E-state index in [0.29, 0.717) is 13.1 Å². The number of rotatable bonds is 6. The molecule has 8 nitrogen and oxygen atoms in total. The van der Waals surface area contributed by atoms with Gasteiger partial charge in [0.25, 0.3) is 0 Å². The molecule has 218 valence electrons. The summed E-state index contributed by atoms with van der Waals surface area (Å²) in [5.74, 6) is 0.819. The van der Waals surface area contributed by atoms with E-state index in [1.165, 1.54) is 5.69 Å². The molecule has 2 saturated heterocycles. The number of pyridine rings is 1. The average molecular weight is 558 g/mol. The van der Waals surface area contributed by atoms with Crippen molar-refractivity contribution in [3.8, 4) is 28.3 Å². The first kappa shape index (κ1) is 28.7. The van der Waals surface area contributed by atoms with Crippen molar-refractivity contribution in [1.82, 2.24) is 14.8 Å². The van der Waals surface area contributed by atoms with Crippen molar-refractivity contribution in [3.63, 3.8) is 0 Å². The maximum atomic E-state index is 12.5. The van der Waals surface area contributed by atoms with E-state index in [-0.39, 0.29) is 12.1 Å². The molecule has 0 unspecified atom stereocenters. The molecule has 41 heavy (non-hydrogen) atoms. The van der Waals surface area contributed by atoms with Crippen LogP contribution in [0.3, 0.4) is 0 Å². The fourth-order valence-corrected chi connectivity index (χ4v) is 5.35. The number of nitrogens with zero attached hydrogens (tertiary/aromatic N) is 4. The van der Waals surface area contributed by atoms with Crippen LogP contribution >= 0.6 is 0 Å². The summed E-state index contributed by atoms with van der Waals surface area (Å²) in [7, 11) is 3.85. The van der Waals surface area contributed by atoms with E-state index in [2.05, 4.69) is 58.6 Å². The number of aromatic nitrogens is 1. The quantitative estimate of drug-likeness (QED) is 0.399. The van der Waals surface area contributed by atoms with Crippen LogP contribution in [0.4, 0.5) is 16.2 Å².